The molecule has 1 aliphatic carbocycles. The number of aromatic nitrogens is 2. The van der Waals surface area contributed by atoms with E-state index >= 15 is 0 Å². The number of carbonyl (C=O) groups is 1. The van der Waals surface area contributed by atoms with E-state index in [1.807, 2.05) is 18.2 Å². The highest BCUT2D eigenvalue weighted by Crippen LogP contribution is 2.35. The molecule has 110 valence electrons. The molecule has 2 aromatic rings. The molecular formula is C16H20N4O. The van der Waals surface area contributed by atoms with Crippen LogP contribution in [0, 0.1) is 0 Å². The normalized spacial score (nSPS) is 22.4. The van der Waals surface area contributed by atoms with Crippen molar-refractivity contribution in [1.29, 1.82) is 0 Å². The van der Waals surface area contributed by atoms with Crippen LogP contribution >= 0.6 is 0 Å². The van der Waals surface area contributed by atoms with Gasteiger partial charge in [-0.25, -0.2) is 4.98 Å². The van der Waals surface area contributed by atoms with Gasteiger partial charge in [0.2, 0.25) is 5.91 Å². The van der Waals surface area contributed by atoms with E-state index in [0.29, 0.717) is 5.92 Å². The number of fused-ring (bicyclic) bond motifs is 1. The minimum Gasteiger partial charge on any atom is -0.342 e. The summed E-state index contributed by atoms with van der Waals surface area (Å²) in [6.07, 6.45) is 5.76. The van der Waals surface area contributed by atoms with Gasteiger partial charge in [-0.1, -0.05) is 6.42 Å². The van der Waals surface area contributed by atoms with Crippen LogP contribution in [0.2, 0.25) is 0 Å². The van der Waals surface area contributed by atoms with Gasteiger partial charge in [-0.15, -0.1) is 0 Å². The minimum atomic E-state index is -0.0481. The highest BCUT2D eigenvalue weighted by atomic mass is 16.2. The van der Waals surface area contributed by atoms with E-state index in [1.54, 1.807) is 0 Å². The average molecular weight is 284 g/mol. The third kappa shape index (κ3) is 2.42. The minimum absolute atomic E-state index is 0.0481. The molecule has 4 rings (SSSR count). The summed E-state index contributed by atoms with van der Waals surface area (Å²) in [6.45, 7) is 0.933. The van der Waals surface area contributed by atoms with Gasteiger partial charge in [0.15, 0.2) is 0 Å². The summed E-state index contributed by atoms with van der Waals surface area (Å²) >= 11 is 0. The Labute approximate surface area is 123 Å². The quantitative estimate of drug-likeness (QED) is 0.811. The van der Waals surface area contributed by atoms with Gasteiger partial charge in [0, 0.05) is 11.6 Å². The Morgan fingerprint density at radius 2 is 2.14 bits per heavy atom. The number of anilines is 1. The molecule has 1 saturated heterocycles. The monoisotopic (exact) mass is 284 g/mol. The third-order valence-electron chi connectivity index (χ3n) is 4.64. The SMILES string of the molecule is O=C(Nc1ccc2nc(C3CCC3)[nH]c2c1)[C@@H]1CCCN1. The highest BCUT2D eigenvalue weighted by Gasteiger charge is 2.23. The fourth-order valence-electron chi connectivity index (χ4n) is 3.12. The molecule has 0 bridgehead atoms. The van der Waals surface area contributed by atoms with Gasteiger partial charge in [0.05, 0.1) is 17.1 Å². The number of imidazole rings is 1. The maximum atomic E-state index is 12.1. The van der Waals surface area contributed by atoms with Gasteiger partial charge in [0.25, 0.3) is 0 Å². The van der Waals surface area contributed by atoms with Crippen LogP contribution in [0.1, 0.15) is 43.8 Å². The number of rotatable bonds is 3. The summed E-state index contributed by atoms with van der Waals surface area (Å²) in [7, 11) is 0. The van der Waals surface area contributed by atoms with Crippen molar-refractivity contribution in [2.75, 3.05) is 11.9 Å². The standard InChI is InChI=1S/C16H20N4O/c21-16(13-5-2-8-17-13)18-11-6-7-12-14(9-11)20-15(19-12)10-3-1-4-10/h6-7,9-10,13,17H,1-5,8H2,(H,18,21)(H,19,20)/t13-/m0/s1. The maximum absolute atomic E-state index is 12.1. The molecule has 5 nitrogen and oxygen atoms in total. The Hall–Kier alpha value is -1.88. The van der Waals surface area contributed by atoms with E-state index in [2.05, 4.69) is 20.6 Å². The van der Waals surface area contributed by atoms with E-state index in [0.717, 1.165) is 41.9 Å². The van der Waals surface area contributed by atoms with Gasteiger partial charge in [-0.3, -0.25) is 4.79 Å². The Bertz CT molecular complexity index is 668. The molecule has 21 heavy (non-hydrogen) atoms. The molecule has 2 aliphatic rings. The predicted octanol–water partition coefficient (Wildman–Crippen LogP) is 2.52. The zero-order valence-corrected chi connectivity index (χ0v) is 12.0. The van der Waals surface area contributed by atoms with Crippen LogP contribution in [0.25, 0.3) is 11.0 Å². The van der Waals surface area contributed by atoms with E-state index in [4.69, 9.17) is 0 Å². The predicted molar refractivity (Wildman–Crippen MR) is 82.3 cm³/mol. The summed E-state index contributed by atoms with van der Waals surface area (Å²) < 4.78 is 0. The van der Waals surface area contributed by atoms with Gasteiger partial charge in [-0.05, 0) is 50.4 Å². The fourth-order valence-corrected chi connectivity index (χ4v) is 3.12. The Morgan fingerprint density at radius 3 is 2.86 bits per heavy atom. The van der Waals surface area contributed by atoms with Crippen LogP contribution in [0.15, 0.2) is 18.2 Å². The lowest BCUT2D eigenvalue weighted by molar-refractivity contribution is -0.117. The number of nitrogens with zero attached hydrogens (tertiary/aromatic N) is 1. The first kappa shape index (κ1) is 12.8. The molecule has 0 unspecified atom stereocenters. The Morgan fingerprint density at radius 1 is 1.24 bits per heavy atom. The molecule has 1 atom stereocenters. The lowest BCUT2D eigenvalue weighted by Gasteiger charge is -2.22. The van der Waals surface area contributed by atoms with Crippen molar-refractivity contribution in [2.45, 2.75) is 44.1 Å². The van der Waals surface area contributed by atoms with Gasteiger partial charge < -0.3 is 15.6 Å². The molecule has 2 heterocycles. The number of aromatic amines is 1. The molecule has 1 amide bonds. The van der Waals surface area contributed by atoms with Crippen molar-refractivity contribution in [3.8, 4) is 0 Å². The van der Waals surface area contributed by atoms with Gasteiger partial charge >= 0.3 is 0 Å². The van der Waals surface area contributed by atoms with Crippen molar-refractivity contribution < 1.29 is 4.79 Å². The van der Waals surface area contributed by atoms with E-state index in [1.165, 1.54) is 19.3 Å². The molecule has 1 aromatic carbocycles. The number of carbonyl (C=O) groups excluding carboxylic acids is 1. The van der Waals surface area contributed by atoms with Gasteiger partial charge in [0.1, 0.15) is 5.82 Å². The molecule has 5 heteroatoms. The number of H-pyrrole nitrogens is 1. The van der Waals surface area contributed by atoms with E-state index in [9.17, 15) is 4.79 Å². The number of nitrogens with one attached hydrogen (secondary N) is 3. The van der Waals surface area contributed by atoms with Gasteiger partial charge in [-0.2, -0.15) is 0 Å². The molecule has 3 N–H and O–H groups in total. The summed E-state index contributed by atoms with van der Waals surface area (Å²) in [5.41, 5.74) is 2.83. The fraction of sp³-hybridized carbons (Fsp3) is 0.500. The Balaban J connectivity index is 1.53. The zero-order chi connectivity index (χ0) is 14.2. The second-order valence-corrected chi connectivity index (χ2v) is 6.12. The van der Waals surface area contributed by atoms with Crippen LogP contribution in [0.4, 0.5) is 5.69 Å². The molecule has 0 spiro atoms. The maximum Gasteiger partial charge on any atom is 0.241 e. The van der Waals surface area contributed by atoms with Crippen LogP contribution in [0.5, 0.6) is 0 Å². The molecule has 1 aromatic heterocycles. The van der Waals surface area contributed by atoms with Crippen LogP contribution in [-0.2, 0) is 4.79 Å². The number of hydrogen-bond acceptors (Lipinski definition) is 3. The first-order valence-corrected chi connectivity index (χ1v) is 7.83. The lowest BCUT2D eigenvalue weighted by Crippen LogP contribution is -2.35. The Kier molecular flexibility index (Phi) is 3.15. The molecule has 2 fully saturated rings. The summed E-state index contributed by atoms with van der Waals surface area (Å²) in [5.74, 6) is 1.75. The molecule has 1 saturated carbocycles. The number of hydrogen-bond donors (Lipinski definition) is 3. The summed E-state index contributed by atoms with van der Waals surface area (Å²) in [6, 6.07) is 5.84. The molecule has 0 radical (unpaired) electrons. The van der Waals surface area contributed by atoms with Crippen LogP contribution in [0.3, 0.4) is 0 Å². The largest absolute Gasteiger partial charge is 0.342 e. The van der Waals surface area contributed by atoms with E-state index in [-0.39, 0.29) is 11.9 Å². The van der Waals surface area contributed by atoms with Crippen LogP contribution < -0.4 is 10.6 Å². The number of amides is 1. The zero-order valence-electron chi connectivity index (χ0n) is 12.0. The molecular weight excluding hydrogens is 264 g/mol. The molecule has 1 aliphatic heterocycles. The van der Waals surface area contributed by atoms with Crippen molar-refractivity contribution in [3.05, 3.63) is 24.0 Å². The lowest BCUT2D eigenvalue weighted by atomic mass is 9.85. The summed E-state index contributed by atoms with van der Waals surface area (Å²) in [4.78, 5) is 20.2. The van der Waals surface area contributed by atoms with Crippen LogP contribution in [-0.4, -0.2) is 28.5 Å². The van der Waals surface area contributed by atoms with Crippen molar-refractivity contribution in [1.82, 2.24) is 15.3 Å². The summed E-state index contributed by atoms with van der Waals surface area (Å²) in [5, 5.41) is 6.21. The topological polar surface area (TPSA) is 69.8 Å². The smallest absolute Gasteiger partial charge is 0.241 e. The first-order valence-electron chi connectivity index (χ1n) is 7.83. The average Bonchev–Trinajstić information content (AvgIpc) is 3.04. The second kappa shape index (κ2) is 5.15. The first-order chi connectivity index (χ1) is 10.3. The van der Waals surface area contributed by atoms with Crippen molar-refractivity contribution in [2.24, 2.45) is 0 Å². The second-order valence-electron chi connectivity index (χ2n) is 6.12. The van der Waals surface area contributed by atoms with Crippen molar-refractivity contribution in [3.63, 3.8) is 0 Å². The van der Waals surface area contributed by atoms with E-state index < -0.39 is 0 Å². The van der Waals surface area contributed by atoms with Crippen molar-refractivity contribution >= 4 is 22.6 Å². The third-order valence-corrected chi connectivity index (χ3v) is 4.64. The number of benzene rings is 1. The highest BCUT2D eigenvalue weighted by molar-refractivity contribution is 5.96.